The molecule has 1 aliphatic heterocycles. The third-order valence-corrected chi connectivity index (χ3v) is 3.33. The molecule has 0 aliphatic carbocycles. The molecule has 1 heterocycles. The molecule has 1 aliphatic rings. The molecule has 0 fully saturated rings. The van der Waals surface area contributed by atoms with Gasteiger partial charge >= 0.3 is 0 Å². The number of hydrogen-bond acceptors (Lipinski definition) is 2. The largest absolute Gasteiger partial charge is 0.321 e. The molecule has 0 radical (unpaired) electrons. The lowest BCUT2D eigenvalue weighted by Crippen LogP contribution is -2.03. The molecule has 4 heteroatoms. The van der Waals surface area contributed by atoms with E-state index in [0.717, 1.165) is 11.1 Å². The van der Waals surface area contributed by atoms with Crippen molar-refractivity contribution in [2.75, 3.05) is 5.32 Å². The van der Waals surface area contributed by atoms with Crippen molar-refractivity contribution in [2.24, 2.45) is 0 Å². The van der Waals surface area contributed by atoms with E-state index in [4.69, 9.17) is 16.9 Å². The Kier molecular flexibility index (Phi) is 4.11. The lowest BCUT2D eigenvalue weighted by molar-refractivity contribution is -0.110. The Balaban J connectivity index is 0.00000161. The van der Waals surface area contributed by atoms with E-state index in [1.165, 1.54) is 0 Å². The summed E-state index contributed by atoms with van der Waals surface area (Å²) in [6, 6.07) is 14.5. The van der Waals surface area contributed by atoms with Gasteiger partial charge in [-0.05, 0) is 35.9 Å². The van der Waals surface area contributed by atoms with Gasteiger partial charge in [0.2, 0.25) is 0 Å². The number of nitrogens with one attached hydrogen (secondary N) is 1. The Morgan fingerprint density at radius 2 is 2.00 bits per heavy atom. The summed E-state index contributed by atoms with van der Waals surface area (Å²) in [6.45, 7) is 0. The number of carbonyl (C=O) groups excluding carboxylic acids is 1. The molecule has 0 saturated heterocycles. The Morgan fingerprint density at radius 1 is 1.19 bits per heavy atom. The van der Waals surface area contributed by atoms with Crippen LogP contribution in [0.5, 0.6) is 0 Å². The summed E-state index contributed by atoms with van der Waals surface area (Å²) in [5.41, 5.74) is 3.49. The average Bonchev–Trinajstić information content (AvgIpc) is 2.74. The minimum atomic E-state index is -0.162. The van der Waals surface area contributed by atoms with Crippen LogP contribution in [0.3, 0.4) is 0 Å². The van der Waals surface area contributed by atoms with Crippen LogP contribution in [-0.4, -0.2) is 5.91 Å². The Labute approximate surface area is 128 Å². The summed E-state index contributed by atoms with van der Waals surface area (Å²) < 4.78 is 0. The van der Waals surface area contributed by atoms with E-state index >= 15 is 0 Å². The molecule has 0 bridgehead atoms. The molecule has 2 aromatic rings. The number of amides is 1. The molecule has 0 aromatic heterocycles. The van der Waals surface area contributed by atoms with Crippen molar-refractivity contribution in [2.45, 2.75) is 7.43 Å². The minimum Gasteiger partial charge on any atom is -0.321 e. The highest BCUT2D eigenvalue weighted by molar-refractivity contribution is 6.36. The highest BCUT2D eigenvalue weighted by atomic mass is 35.5. The third-order valence-electron chi connectivity index (χ3n) is 3.09. The van der Waals surface area contributed by atoms with E-state index in [1.807, 2.05) is 12.1 Å². The number of nitrogens with zero attached hydrogens (tertiary/aromatic N) is 1. The molecule has 0 atom stereocenters. The molecule has 21 heavy (non-hydrogen) atoms. The van der Waals surface area contributed by atoms with Gasteiger partial charge in [-0.2, -0.15) is 5.26 Å². The topological polar surface area (TPSA) is 52.9 Å². The number of rotatable bonds is 1. The molecular weight excluding hydrogens is 284 g/mol. The van der Waals surface area contributed by atoms with Crippen LogP contribution in [0.4, 0.5) is 5.69 Å². The molecule has 3 nitrogen and oxygen atoms in total. The second kappa shape index (κ2) is 5.82. The van der Waals surface area contributed by atoms with E-state index in [0.29, 0.717) is 21.8 Å². The molecule has 0 saturated carbocycles. The first kappa shape index (κ1) is 14.8. The number of anilines is 1. The van der Waals surface area contributed by atoms with Gasteiger partial charge in [0.25, 0.3) is 5.91 Å². The average molecular weight is 297 g/mol. The van der Waals surface area contributed by atoms with Crippen LogP contribution in [0.2, 0.25) is 5.02 Å². The molecule has 1 amide bonds. The maximum Gasteiger partial charge on any atom is 0.256 e. The zero-order valence-electron chi connectivity index (χ0n) is 10.4. The monoisotopic (exact) mass is 296 g/mol. The Bertz CT molecular complexity index is 788. The maximum absolute atomic E-state index is 12.0. The first-order valence-corrected chi connectivity index (χ1v) is 6.38. The van der Waals surface area contributed by atoms with Crippen LogP contribution < -0.4 is 5.32 Å². The Hall–Kier alpha value is -2.57. The lowest BCUT2D eigenvalue weighted by Gasteiger charge is -1.99. The van der Waals surface area contributed by atoms with Crippen LogP contribution in [0.1, 0.15) is 24.1 Å². The highest BCUT2D eigenvalue weighted by Gasteiger charge is 2.23. The van der Waals surface area contributed by atoms with E-state index in [9.17, 15) is 4.79 Å². The fourth-order valence-electron chi connectivity index (χ4n) is 2.17. The van der Waals surface area contributed by atoms with Crippen LogP contribution in [0.15, 0.2) is 42.5 Å². The lowest BCUT2D eigenvalue weighted by atomic mass is 10.0. The fourth-order valence-corrected chi connectivity index (χ4v) is 2.35. The number of halogens is 1. The molecular formula is C17H13ClN2O. The van der Waals surface area contributed by atoms with E-state index in [-0.39, 0.29) is 13.3 Å². The first-order chi connectivity index (χ1) is 9.67. The molecule has 0 unspecified atom stereocenters. The van der Waals surface area contributed by atoms with Gasteiger partial charge in [-0.1, -0.05) is 37.2 Å². The summed E-state index contributed by atoms with van der Waals surface area (Å²) in [7, 11) is 0. The van der Waals surface area contributed by atoms with Gasteiger partial charge in [-0.15, -0.1) is 0 Å². The van der Waals surface area contributed by atoms with Crippen molar-refractivity contribution in [3.63, 3.8) is 0 Å². The van der Waals surface area contributed by atoms with Crippen molar-refractivity contribution in [3.8, 4) is 6.07 Å². The second-order valence-electron chi connectivity index (χ2n) is 4.44. The van der Waals surface area contributed by atoms with Gasteiger partial charge in [-0.25, -0.2) is 0 Å². The number of hydrogen-bond donors (Lipinski definition) is 1. The van der Waals surface area contributed by atoms with Crippen LogP contribution >= 0.6 is 11.6 Å². The fraction of sp³-hybridized carbons (Fsp3) is 0.0588. The smallest absolute Gasteiger partial charge is 0.256 e. The zero-order chi connectivity index (χ0) is 14.1. The van der Waals surface area contributed by atoms with Crippen molar-refractivity contribution in [1.29, 1.82) is 5.26 Å². The van der Waals surface area contributed by atoms with Crippen LogP contribution in [0, 0.1) is 11.3 Å². The number of nitriles is 1. The normalized spacial score (nSPS) is 14.1. The number of benzene rings is 2. The van der Waals surface area contributed by atoms with E-state index in [2.05, 4.69) is 11.4 Å². The summed E-state index contributed by atoms with van der Waals surface area (Å²) >= 11 is 5.91. The number of carbonyl (C=O) groups is 1. The van der Waals surface area contributed by atoms with Gasteiger partial charge in [-0.3, -0.25) is 4.79 Å². The van der Waals surface area contributed by atoms with Gasteiger partial charge in [0.05, 0.1) is 17.3 Å². The molecule has 1 N–H and O–H groups in total. The minimum absolute atomic E-state index is 0. The van der Waals surface area contributed by atoms with Gasteiger partial charge in [0.1, 0.15) is 0 Å². The van der Waals surface area contributed by atoms with Gasteiger partial charge < -0.3 is 5.32 Å². The molecule has 104 valence electrons. The Morgan fingerprint density at radius 3 is 2.76 bits per heavy atom. The highest BCUT2D eigenvalue weighted by Crippen LogP contribution is 2.34. The first-order valence-electron chi connectivity index (χ1n) is 6.00. The summed E-state index contributed by atoms with van der Waals surface area (Å²) in [6.07, 6.45) is 1.77. The quantitative estimate of drug-likeness (QED) is 0.796. The van der Waals surface area contributed by atoms with Crippen molar-refractivity contribution < 1.29 is 4.79 Å². The van der Waals surface area contributed by atoms with Crippen molar-refractivity contribution in [3.05, 3.63) is 64.2 Å². The predicted molar refractivity (Wildman–Crippen MR) is 85.8 cm³/mol. The zero-order valence-corrected chi connectivity index (χ0v) is 11.1. The SMILES string of the molecule is C.N#Cc1cccc(C=C2C(=O)Nc3cc(Cl)ccc32)c1. The predicted octanol–water partition coefficient (Wildman–Crippen LogP) is 4.34. The van der Waals surface area contributed by atoms with Crippen molar-refractivity contribution in [1.82, 2.24) is 0 Å². The van der Waals surface area contributed by atoms with Crippen LogP contribution in [-0.2, 0) is 4.79 Å². The third kappa shape index (κ3) is 2.81. The summed E-state index contributed by atoms with van der Waals surface area (Å²) in [4.78, 5) is 12.0. The van der Waals surface area contributed by atoms with Gasteiger partial charge in [0.15, 0.2) is 0 Å². The standard InChI is InChI=1S/C16H9ClN2O.CH4/c17-12-4-5-13-14(16(20)19-15(13)8-12)7-10-2-1-3-11(6-10)9-18;/h1-8H,(H,19,20);1H4. The summed E-state index contributed by atoms with van der Waals surface area (Å²) in [5, 5.41) is 12.3. The summed E-state index contributed by atoms with van der Waals surface area (Å²) in [5.74, 6) is -0.162. The van der Waals surface area contributed by atoms with Crippen LogP contribution in [0.25, 0.3) is 11.6 Å². The van der Waals surface area contributed by atoms with E-state index < -0.39 is 0 Å². The second-order valence-corrected chi connectivity index (χ2v) is 4.88. The van der Waals surface area contributed by atoms with Gasteiger partial charge in [0, 0.05) is 16.2 Å². The molecule has 3 rings (SSSR count). The van der Waals surface area contributed by atoms with E-state index in [1.54, 1.807) is 36.4 Å². The van der Waals surface area contributed by atoms with Crippen molar-refractivity contribution >= 4 is 34.8 Å². The molecule has 2 aromatic carbocycles. The maximum atomic E-state index is 12.0. The molecule has 0 spiro atoms. The number of fused-ring (bicyclic) bond motifs is 1.